The molecule has 0 aliphatic heterocycles. The molecular weight excluding hydrogens is 160 g/mol. The molecular formula is C12H16O. The standard InChI is InChI=1S/C12H16O/c1-2-6-12(13)10-9-11-7-4-3-5-8-11/h2,6-7,12-13H,3-5,8H2,1H3/b6-2+. The summed E-state index contributed by atoms with van der Waals surface area (Å²) in [5, 5.41) is 9.29. The fourth-order valence-electron chi connectivity index (χ4n) is 1.35. The molecule has 1 heteroatoms. The lowest BCUT2D eigenvalue weighted by Gasteiger charge is -2.05. The molecule has 1 atom stereocenters. The van der Waals surface area contributed by atoms with Crippen molar-refractivity contribution in [2.75, 3.05) is 0 Å². The van der Waals surface area contributed by atoms with Crippen LogP contribution in [0.15, 0.2) is 23.8 Å². The van der Waals surface area contributed by atoms with E-state index in [4.69, 9.17) is 0 Å². The zero-order valence-electron chi connectivity index (χ0n) is 8.09. The van der Waals surface area contributed by atoms with Crippen LogP contribution in [0.4, 0.5) is 0 Å². The van der Waals surface area contributed by atoms with Gasteiger partial charge < -0.3 is 5.11 Å². The van der Waals surface area contributed by atoms with Gasteiger partial charge in [-0.05, 0) is 44.3 Å². The van der Waals surface area contributed by atoms with Crippen molar-refractivity contribution >= 4 is 0 Å². The molecule has 0 amide bonds. The van der Waals surface area contributed by atoms with E-state index in [0.717, 1.165) is 12.8 Å². The van der Waals surface area contributed by atoms with Gasteiger partial charge in [-0.15, -0.1) is 0 Å². The zero-order chi connectivity index (χ0) is 9.52. The maximum absolute atomic E-state index is 9.29. The predicted octanol–water partition coefficient (Wildman–Crippen LogP) is 2.43. The third-order valence-electron chi connectivity index (χ3n) is 2.05. The van der Waals surface area contributed by atoms with Crippen molar-refractivity contribution in [3.05, 3.63) is 23.8 Å². The average molecular weight is 176 g/mol. The number of rotatable bonds is 1. The first kappa shape index (κ1) is 10.1. The van der Waals surface area contributed by atoms with Crippen LogP contribution in [0, 0.1) is 11.8 Å². The first-order valence-corrected chi connectivity index (χ1v) is 4.84. The van der Waals surface area contributed by atoms with Crippen LogP contribution >= 0.6 is 0 Å². The molecule has 0 bridgehead atoms. The Kier molecular flexibility index (Phi) is 4.35. The second-order valence-electron chi connectivity index (χ2n) is 3.22. The Labute approximate surface area is 80.2 Å². The molecule has 0 fully saturated rings. The van der Waals surface area contributed by atoms with Crippen LogP contribution in [0.3, 0.4) is 0 Å². The normalized spacial score (nSPS) is 19.1. The molecule has 0 saturated heterocycles. The highest BCUT2D eigenvalue weighted by Crippen LogP contribution is 2.15. The first-order chi connectivity index (χ1) is 6.33. The van der Waals surface area contributed by atoms with Crippen LogP contribution in [0.25, 0.3) is 0 Å². The fraction of sp³-hybridized carbons (Fsp3) is 0.500. The monoisotopic (exact) mass is 176 g/mol. The average Bonchev–Trinajstić information content (AvgIpc) is 2.17. The second-order valence-corrected chi connectivity index (χ2v) is 3.22. The van der Waals surface area contributed by atoms with Crippen LogP contribution in [0.2, 0.25) is 0 Å². The maximum atomic E-state index is 9.29. The summed E-state index contributed by atoms with van der Waals surface area (Å²) in [6.45, 7) is 1.88. The smallest absolute Gasteiger partial charge is 0.133 e. The molecule has 13 heavy (non-hydrogen) atoms. The lowest BCUT2D eigenvalue weighted by Crippen LogP contribution is -1.97. The van der Waals surface area contributed by atoms with Gasteiger partial charge in [-0.1, -0.05) is 24.0 Å². The van der Waals surface area contributed by atoms with Gasteiger partial charge in [0.05, 0.1) is 0 Å². The zero-order valence-corrected chi connectivity index (χ0v) is 8.09. The number of aliphatic hydroxyl groups is 1. The summed E-state index contributed by atoms with van der Waals surface area (Å²) in [5.41, 5.74) is 1.19. The highest BCUT2D eigenvalue weighted by molar-refractivity contribution is 5.31. The maximum Gasteiger partial charge on any atom is 0.133 e. The van der Waals surface area contributed by atoms with E-state index in [1.165, 1.54) is 18.4 Å². The minimum absolute atomic E-state index is 0.604. The summed E-state index contributed by atoms with van der Waals surface area (Å²) >= 11 is 0. The molecule has 0 aromatic carbocycles. The van der Waals surface area contributed by atoms with Gasteiger partial charge in [0, 0.05) is 0 Å². The highest BCUT2D eigenvalue weighted by atomic mass is 16.3. The van der Waals surface area contributed by atoms with Crippen LogP contribution in [-0.4, -0.2) is 11.2 Å². The quantitative estimate of drug-likeness (QED) is 0.480. The summed E-state index contributed by atoms with van der Waals surface area (Å²) in [5.74, 6) is 5.82. The molecule has 0 aromatic rings. The Balaban J connectivity index is 2.49. The van der Waals surface area contributed by atoms with Crippen molar-refractivity contribution in [3.63, 3.8) is 0 Å². The Morgan fingerprint density at radius 2 is 2.38 bits per heavy atom. The van der Waals surface area contributed by atoms with Gasteiger partial charge in [-0.25, -0.2) is 0 Å². The summed E-state index contributed by atoms with van der Waals surface area (Å²) in [6.07, 6.45) is 9.82. The van der Waals surface area contributed by atoms with Gasteiger partial charge in [-0.3, -0.25) is 0 Å². The Morgan fingerprint density at radius 3 is 3.00 bits per heavy atom. The van der Waals surface area contributed by atoms with E-state index in [9.17, 15) is 5.11 Å². The van der Waals surface area contributed by atoms with Crippen molar-refractivity contribution in [1.82, 2.24) is 0 Å². The van der Waals surface area contributed by atoms with Crippen LogP contribution in [0.5, 0.6) is 0 Å². The molecule has 1 aliphatic rings. The summed E-state index contributed by atoms with van der Waals surface area (Å²) in [4.78, 5) is 0. The Morgan fingerprint density at radius 1 is 1.54 bits per heavy atom. The molecule has 1 N–H and O–H groups in total. The largest absolute Gasteiger partial charge is 0.377 e. The Hall–Kier alpha value is -1.00. The van der Waals surface area contributed by atoms with E-state index >= 15 is 0 Å². The van der Waals surface area contributed by atoms with Crippen LogP contribution in [0.1, 0.15) is 32.6 Å². The third-order valence-corrected chi connectivity index (χ3v) is 2.05. The lowest BCUT2D eigenvalue weighted by atomic mass is 10.00. The summed E-state index contributed by atoms with van der Waals surface area (Å²) < 4.78 is 0. The van der Waals surface area contributed by atoms with Crippen molar-refractivity contribution in [3.8, 4) is 11.8 Å². The minimum Gasteiger partial charge on any atom is -0.377 e. The topological polar surface area (TPSA) is 20.2 Å². The lowest BCUT2D eigenvalue weighted by molar-refractivity contribution is 0.280. The van der Waals surface area contributed by atoms with Gasteiger partial charge >= 0.3 is 0 Å². The van der Waals surface area contributed by atoms with E-state index in [1.807, 2.05) is 13.0 Å². The van der Waals surface area contributed by atoms with E-state index in [0.29, 0.717) is 0 Å². The van der Waals surface area contributed by atoms with Crippen molar-refractivity contribution < 1.29 is 5.11 Å². The minimum atomic E-state index is -0.604. The number of aliphatic hydroxyl groups excluding tert-OH is 1. The fourth-order valence-corrected chi connectivity index (χ4v) is 1.35. The van der Waals surface area contributed by atoms with Crippen molar-refractivity contribution in [2.45, 2.75) is 38.7 Å². The molecule has 1 aliphatic carbocycles. The van der Waals surface area contributed by atoms with Crippen molar-refractivity contribution in [2.24, 2.45) is 0 Å². The van der Waals surface area contributed by atoms with Gasteiger partial charge in [0.1, 0.15) is 6.10 Å². The molecule has 1 unspecified atom stereocenters. The Bertz CT molecular complexity index is 263. The SMILES string of the molecule is C/C=C/C(O)C#CC1=CCCCC1. The van der Waals surface area contributed by atoms with E-state index < -0.39 is 6.10 Å². The number of allylic oxidation sites excluding steroid dienone is 3. The van der Waals surface area contributed by atoms with Gasteiger partial charge in [0.15, 0.2) is 0 Å². The first-order valence-electron chi connectivity index (χ1n) is 4.84. The molecule has 0 spiro atoms. The molecule has 0 saturated carbocycles. The number of hydrogen-bond acceptors (Lipinski definition) is 1. The predicted molar refractivity (Wildman–Crippen MR) is 55.1 cm³/mol. The molecule has 0 radical (unpaired) electrons. The molecule has 0 heterocycles. The number of hydrogen-bond donors (Lipinski definition) is 1. The molecule has 1 nitrogen and oxygen atoms in total. The van der Waals surface area contributed by atoms with Gasteiger partial charge in [0.25, 0.3) is 0 Å². The molecule has 0 aromatic heterocycles. The van der Waals surface area contributed by atoms with E-state index in [2.05, 4.69) is 17.9 Å². The molecule has 1 rings (SSSR count). The highest BCUT2D eigenvalue weighted by Gasteiger charge is 1.99. The summed E-state index contributed by atoms with van der Waals surface area (Å²) in [7, 11) is 0. The summed E-state index contributed by atoms with van der Waals surface area (Å²) in [6, 6.07) is 0. The molecule has 70 valence electrons. The van der Waals surface area contributed by atoms with Crippen molar-refractivity contribution in [1.29, 1.82) is 0 Å². The van der Waals surface area contributed by atoms with Gasteiger partial charge in [-0.2, -0.15) is 0 Å². The van der Waals surface area contributed by atoms with Crippen LogP contribution < -0.4 is 0 Å². The third kappa shape index (κ3) is 3.96. The van der Waals surface area contributed by atoms with E-state index in [-0.39, 0.29) is 0 Å². The van der Waals surface area contributed by atoms with E-state index in [1.54, 1.807) is 6.08 Å². The van der Waals surface area contributed by atoms with Gasteiger partial charge in [0.2, 0.25) is 0 Å². The second kappa shape index (κ2) is 5.61. The van der Waals surface area contributed by atoms with Crippen LogP contribution in [-0.2, 0) is 0 Å².